The molecule has 90 valence electrons. The van der Waals surface area contributed by atoms with Gasteiger partial charge in [-0.15, -0.1) is 0 Å². The fraction of sp³-hybridized carbons (Fsp3) is 0.500. The number of H-pyrrole nitrogens is 1. The van der Waals surface area contributed by atoms with Gasteiger partial charge in [-0.1, -0.05) is 6.92 Å². The molecular weight excluding hydrogens is 228 g/mol. The summed E-state index contributed by atoms with van der Waals surface area (Å²) in [5.41, 5.74) is -0.315. The molecule has 1 rings (SSSR count). The third kappa shape index (κ3) is 2.51. The maximum absolute atomic E-state index is 12.0. The summed E-state index contributed by atoms with van der Waals surface area (Å²) in [5.74, 6) is 0. The maximum atomic E-state index is 12.0. The number of hydrogen-bond acceptors (Lipinski definition) is 3. The number of rotatable bonds is 4. The highest BCUT2D eigenvalue weighted by molar-refractivity contribution is 7.89. The third-order valence-corrected chi connectivity index (χ3v) is 4.61. The standard InChI is InChI=1S/C10H16N2O3S/c1-4-8(2)12(3)16(14,15)9-5-6-10(13)11-7-9/h5-8H,4H2,1-3H3,(H,11,13). The van der Waals surface area contributed by atoms with Gasteiger partial charge in [-0.2, -0.15) is 4.31 Å². The van der Waals surface area contributed by atoms with E-state index < -0.39 is 10.0 Å². The number of pyridine rings is 1. The Morgan fingerprint density at radius 3 is 2.50 bits per heavy atom. The Kier molecular flexibility index (Phi) is 3.88. The Bertz CT molecular complexity index is 487. The molecule has 0 aromatic carbocycles. The van der Waals surface area contributed by atoms with Gasteiger partial charge < -0.3 is 4.98 Å². The molecule has 1 atom stereocenters. The molecule has 1 aromatic rings. The van der Waals surface area contributed by atoms with Gasteiger partial charge in [0.1, 0.15) is 0 Å². The Balaban J connectivity index is 3.11. The van der Waals surface area contributed by atoms with Crippen molar-refractivity contribution < 1.29 is 8.42 Å². The summed E-state index contributed by atoms with van der Waals surface area (Å²) >= 11 is 0. The van der Waals surface area contributed by atoms with Crippen molar-refractivity contribution in [3.63, 3.8) is 0 Å². The first-order chi connectivity index (χ1) is 7.39. The minimum Gasteiger partial charge on any atom is -0.328 e. The summed E-state index contributed by atoms with van der Waals surface area (Å²) in [4.78, 5) is 13.3. The Labute approximate surface area is 95.2 Å². The van der Waals surface area contributed by atoms with E-state index in [1.807, 2.05) is 13.8 Å². The minimum atomic E-state index is -3.50. The molecule has 1 N–H and O–H groups in total. The van der Waals surface area contributed by atoms with E-state index in [0.29, 0.717) is 0 Å². The molecule has 6 heteroatoms. The molecule has 0 aliphatic rings. The molecule has 0 aliphatic heterocycles. The Hall–Kier alpha value is -1.14. The SMILES string of the molecule is CCC(C)N(C)S(=O)(=O)c1ccc(=O)[nH]c1. The van der Waals surface area contributed by atoms with Gasteiger partial charge >= 0.3 is 0 Å². The Morgan fingerprint density at radius 1 is 1.44 bits per heavy atom. The summed E-state index contributed by atoms with van der Waals surface area (Å²) in [6.07, 6.45) is 1.95. The highest BCUT2D eigenvalue weighted by atomic mass is 32.2. The van der Waals surface area contributed by atoms with Crippen molar-refractivity contribution in [1.82, 2.24) is 9.29 Å². The lowest BCUT2D eigenvalue weighted by Gasteiger charge is -2.22. The van der Waals surface area contributed by atoms with Gasteiger partial charge in [-0.25, -0.2) is 8.42 Å². The summed E-state index contributed by atoms with van der Waals surface area (Å²) in [6.45, 7) is 3.76. The van der Waals surface area contributed by atoms with Crippen LogP contribution in [0.5, 0.6) is 0 Å². The zero-order valence-electron chi connectivity index (χ0n) is 9.60. The van der Waals surface area contributed by atoms with E-state index in [0.717, 1.165) is 6.42 Å². The lowest BCUT2D eigenvalue weighted by atomic mass is 10.3. The average Bonchev–Trinajstić information content (AvgIpc) is 2.27. The zero-order valence-corrected chi connectivity index (χ0v) is 10.4. The lowest BCUT2D eigenvalue weighted by Crippen LogP contribution is -2.34. The van der Waals surface area contributed by atoms with Crippen LogP contribution >= 0.6 is 0 Å². The second kappa shape index (κ2) is 4.80. The molecular formula is C10H16N2O3S. The van der Waals surface area contributed by atoms with Crippen molar-refractivity contribution in [1.29, 1.82) is 0 Å². The van der Waals surface area contributed by atoms with Crippen molar-refractivity contribution in [2.45, 2.75) is 31.2 Å². The quantitative estimate of drug-likeness (QED) is 0.851. The average molecular weight is 244 g/mol. The van der Waals surface area contributed by atoms with Crippen LogP contribution < -0.4 is 5.56 Å². The van der Waals surface area contributed by atoms with Gasteiger partial charge in [0, 0.05) is 25.4 Å². The highest BCUT2D eigenvalue weighted by Crippen LogP contribution is 2.15. The number of hydrogen-bond donors (Lipinski definition) is 1. The smallest absolute Gasteiger partial charge is 0.247 e. The van der Waals surface area contributed by atoms with E-state index >= 15 is 0 Å². The van der Waals surface area contributed by atoms with E-state index in [1.54, 1.807) is 0 Å². The summed E-state index contributed by atoms with van der Waals surface area (Å²) in [7, 11) is -1.97. The zero-order chi connectivity index (χ0) is 12.3. The van der Waals surface area contributed by atoms with Gasteiger partial charge in [0.25, 0.3) is 0 Å². The second-order valence-electron chi connectivity index (χ2n) is 3.67. The first-order valence-corrected chi connectivity index (χ1v) is 6.50. The van der Waals surface area contributed by atoms with Crippen molar-refractivity contribution in [3.05, 3.63) is 28.7 Å². The normalized spacial score (nSPS) is 14.0. The molecule has 0 bridgehead atoms. The molecule has 16 heavy (non-hydrogen) atoms. The van der Waals surface area contributed by atoms with Crippen LogP contribution in [0.1, 0.15) is 20.3 Å². The molecule has 0 radical (unpaired) electrons. The molecule has 0 aliphatic carbocycles. The molecule has 1 aromatic heterocycles. The predicted octanol–water partition coefficient (Wildman–Crippen LogP) is 0.794. The Morgan fingerprint density at radius 2 is 2.06 bits per heavy atom. The minimum absolute atomic E-state index is 0.0723. The molecule has 0 saturated heterocycles. The molecule has 1 heterocycles. The summed E-state index contributed by atoms with van der Waals surface area (Å²) in [6, 6.07) is 2.45. The van der Waals surface area contributed by atoms with Crippen molar-refractivity contribution in [3.8, 4) is 0 Å². The van der Waals surface area contributed by atoms with E-state index in [9.17, 15) is 13.2 Å². The molecule has 1 unspecified atom stereocenters. The number of nitrogens with zero attached hydrogens (tertiary/aromatic N) is 1. The molecule has 0 fully saturated rings. The van der Waals surface area contributed by atoms with Crippen LogP contribution in [-0.4, -0.2) is 30.8 Å². The van der Waals surface area contributed by atoms with E-state index in [4.69, 9.17) is 0 Å². The fourth-order valence-corrected chi connectivity index (χ4v) is 2.62. The van der Waals surface area contributed by atoms with Crippen LogP contribution in [-0.2, 0) is 10.0 Å². The van der Waals surface area contributed by atoms with Crippen molar-refractivity contribution >= 4 is 10.0 Å². The maximum Gasteiger partial charge on any atom is 0.247 e. The fourth-order valence-electron chi connectivity index (χ4n) is 1.22. The monoisotopic (exact) mass is 244 g/mol. The highest BCUT2D eigenvalue weighted by Gasteiger charge is 2.24. The summed E-state index contributed by atoms with van der Waals surface area (Å²) < 4.78 is 25.4. The van der Waals surface area contributed by atoms with Crippen LogP contribution in [0.4, 0.5) is 0 Å². The number of nitrogens with one attached hydrogen (secondary N) is 1. The number of aromatic amines is 1. The van der Waals surface area contributed by atoms with Gasteiger partial charge in [0.15, 0.2) is 0 Å². The second-order valence-corrected chi connectivity index (χ2v) is 5.66. The first kappa shape index (κ1) is 12.9. The van der Waals surface area contributed by atoms with E-state index in [2.05, 4.69) is 4.98 Å². The van der Waals surface area contributed by atoms with E-state index in [1.165, 1.54) is 29.7 Å². The molecule has 0 spiro atoms. The lowest BCUT2D eigenvalue weighted by molar-refractivity contribution is 0.380. The predicted molar refractivity (Wildman–Crippen MR) is 61.8 cm³/mol. The topological polar surface area (TPSA) is 70.2 Å². The van der Waals surface area contributed by atoms with Gasteiger partial charge in [-0.05, 0) is 19.4 Å². The molecule has 5 nitrogen and oxygen atoms in total. The van der Waals surface area contributed by atoms with Crippen LogP contribution in [0.2, 0.25) is 0 Å². The van der Waals surface area contributed by atoms with Gasteiger partial charge in [0.05, 0.1) is 4.90 Å². The summed E-state index contributed by atoms with van der Waals surface area (Å²) in [5, 5.41) is 0. The van der Waals surface area contributed by atoms with Crippen molar-refractivity contribution in [2.24, 2.45) is 0 Å². The van der Waals surface area contributed by atoms with Crippen LogP contribution in [0.25, 0.3) is 0 Å². The van der Waals surface area contributed by atoms with Crippen LogP contribution in [0, 0.1) is 0 Å². The van der Waals surface area contributed by atoms with Gasteiger partial charge in [0.2, 0.25) is 15.6 Å². The molecule has 0 amide bonds. The van der Waals surface area contributed by atoms with Crippen molar-refractivity contribution in [2.75, 3.05) is 7.05 Å². The first-order valence-electron chi connectivity index (χ1n) is 5.06. The molecule has 0 saturated carbocycles. The third-order valence-electron chi connectivity index (χ3n) is 2.64. The van der Waals surface area contributed by atoms with Gasteiger partial charge in [-0.3, -0.25) is 4.79 Å². The van der Waals surface area contributed by atoms with Crippen LogP contribution in [0.15, 0.2) is 28.0 Å². The number of sulfonamides is 1. The van der Waals surface area contributed by atoms with Crippen LogP contribution in [0.3, 0.4) is 0 Å². The number of aromatic nitrogens is 1. The van der Waals surface area contributed by atoms with E-state index in [-0.39, 0.29) is 16.5 Å². The largest absolute Gasteiger partial charge is 0.328 e.